The number of hydrogen-bond acceptors (Lipinski definition) is 5. The smallest absolute Gasteiger partial charge is 0.264 e. The molecule has 2 aromatic rings. The Morgan fingerprint density at radius 1 is 1.35 bits per heavy atom. The van der Waals surface area contributed by atoms with Gasteiger partial charge < -0.3 is 5.73 Å². The van der Waals surface area contributed by atoms with E-state index in [0.717, 1.165) is 25.0 Å². The monoisotopic (exact) mass is 309 g/mol. The first-order valence-corrected chi connectivity index (χ1v) is 8.64. The van der Waals surface area contributed by atoms with Crippen molar-refractivity contribution in [1.29, 1.82) is 0 Å². The van der Waals surface area contributed by atoms with Gasteiger partial charge in [-0.15, -0.1) is 11.3 Å². The van der Waals surface area contributed by atoms with Crippen molar-refractivity contribution in [3.8, 4) is 0 Å². The number of fused-ring (bicyclic) bond motifs is 1. The minimum Gasteiger partial charge on any atom is -0.398 e. The van der Waals surface area contributed by atoms with Crippen LogP contribution in [0, 0.1) is 6.92 Å². The summed E-state index contributed by atoms with van der Waals surface area (Å²) in [5.41, 5.74) is 7.82. The highest BCUT2D eigenvalue weighted by Crippen LogP contribution is 2.32. The van der Waals surface area contributed by atoms with Crippen LogP contribution in [0.25, 0.3) is 0 Å². The van der Waals surface area contributed by atoms with Gasteiger partial charge in [-0.3, -0.25) is 4.72 Å². The van der Waals surface area contributed by atoms with Gasteiger partial charge >= 0.3 is 0 Å². The van der Waals surface area contributed by atoms with Crippen LogP contribution in [0.2, 0.25) is 0 Å². The van der Waals surface area contributed by atoms with Gasteiger partial charge in [-0.05, 0) is 43.9 Å². The third-order valence-corrected chi connectivity index (χ3v) is 6.12. The van der Waals surface area contributed by atoms with Crippen molar-refractivity contribution in [2.45, 2.75) is 31.1 Å². The van der Waals surface area contributed by atoms with Crippen molar-refractivity contribution in [3.05, 3.63) is 34.3 Å². The van der Waals surface area contributed by atoms with Gasteiger partial charge in [0, 0.05) is 10.6 Å². The highest BCUT2D eigenvalue weighted by molar-refractivity contribution is 7.93. The summed E-state index contributed by atoms with van der Waals surface area (Å²) in [6.45, 7) is 1.70. The summed E-state index contributed by atoms with van der Waals surface area (Å²) < 4.78 is 27.4. The zero-order valence-electron chi connectivity index (χ0n) is 11.0. The molecular weight excluding hydrogens is 294 g/mol. The number of nitrogens with zero attached hydrogens (tertiary/aromatic N) is 1. The lowest BCUT2D eigenvalue weighted by Gasteiger charge is -2.09. The van der Waals surface area contributed by atoms with E-state index in [2.05, 4.69) is 9.71 Å². The molecule has 0 saturated carbocycles. The molecule has 0 unspecified atom stereocenters. The van der Waals surface area contributed by atoms with Crippen molar-refractivity contribution in [2.75, 3.05) is 10.5 Å². The number of anilines is 2. The molecule has 3 rings (SSSR count). The van der Waals surface area contributed by atoms with E-state index in [9.17, 15) is 8.42 Å². The van der Waals surface area contributed by atoms with E-state index in [4.69, 9.17) is 5.73 Å². The van der Waals surface area contributed by atoms with Crippen LogP contribution in [0.3, 0.4) is 0 Å². The molecule has 1 aromatic carbocycles. The lowest BCUT2D eigenvalue weighted by atomic mass is 10.2. The Hall–Kier alpha value is -1.60. The van der Waals surface area contributed by atoms with Crippen LogP contribution in [-0.4, -0.2) is 13.4 Å². The summed E-state index contributed by atoms with van der Waals surface area (Å²) in [6, 6.07) is 4.88. The van der Waals surface area contributed by atoms with Crippen molar-refractivity contribution < 1.29 is 8.42 Å². The number of nitrogens with two attached hydrogens (primary N) is 1. The Morgan fingerprint density at radius 3 is 2.90 bits per heavy atom. The second-order valence-corrected chi connectivity index (χ2v) is 7.55. The largest absolute Gasteiger partial charge is 0.398 e. The summed E-state index contributed by atoms with van der Waals surface area (Å²) in [5.74, 6) is 0. The van der Waals surface area contributed by atoms with Gasteiger partial charge in [0.1, 0.15) is 0 Å². The van der Waals surface area contributed by atoms with Gasteiger partial charge in [-0.1, -0.05) is 6.07 Å². The molecule has 3 N–H and O–H groups in total. The molecule has 0 saturated heterocycles. The molecule has 0 bridgehead atoms. The molecule has 0 amide bonds. The third-order valence-electron chi connectivity index (χ3n) is 3.43. The third kappa shape index (κ3) is 2.27. The summed E-state index contributed by atoms with van der Waals surface area (Å²) in [4.78, 5) is 5.74. The molecule has 20 heavy (non-hydrogen) atoms. The van der Waals surface area contributed by atoms with Gasteiger partial charge in [0.15, 0.2) is 5.13 Å². The highest BCUT2D eigenvalue weighted by Gasteiger charge is 2.22. The fraction of sp³-hybridized carbons (Fsp3) is 0.308. The number of aryl methyl sites for hydroxylation is 2. The maximum absolute atomic E-state index is 12.4. The Morgan fingerprint density at radius 2 is 2.15 bits per heavy atom. The highest BCUT2D eigenvalue weighted by atomic mass is 32.2. The van der Waals surface area contributed by atoms with Crippen molar-refractivity contribution in [2.24, 2.45) is 0 Å². The van der Waals surface area contributed by atoms with Crippen LogP contribution in [-0.2, 0) is 22.9 Å². The average molecular weight is 309 g/mol. The van der Waals surface area contributed by atoms with Gasteiger partial charge in [0.25, 0.3) is 10.0 Å². The average Bonchev–Trinajstić information content (AvgIpc) is 2.92. The summed E-state index contributed by atoms with van der Waals surface area (Å²) in [6.07, 6.45) is 3.03. The van der Waals surface area contributed by atoms with E-state index in [1.54, 1.807) is 25.1 Å². The number of thiazole rings is 1. The van der Waals surface area contributed by atoms with Crippen LogP contribution in [0.5, 0.6) is 0 Å². The van der Waals surface area contributed by atoms with Gasteiger partial charge in [-0.25, -0.2) is 13.4 Å². The molecule has 1 aromatic heterocycles. The molecule has 0 atom stereocenters. The fourth-order valence-corrected chi connectivity index (χ4v) is 4.89. The Bertz CT molecular complexity index is 744. The number of rotatable bonds is 3. The molecule has 1 heterocycles. The minimum absolute atomic E-state index is 0.202. The topological polar surface area (TPSA) is 85.1 Å². The zero-order chi connectivity index (χ0) is 14.3. The van der Waals surface area contributed by atoms with Crippen molar-refractivity contribution >= 4 is 32.2 Å². The molecule has 0 radical (unpaired) electrons. The number of aromatic nitrogens is 1. The predicted molar refractivity (Wildman–Crippen MR) is 80.5 cm³/mol. The fourth-order valence-electron chi connectivity index (χ4n) is 2.33. The lowest BCUT2D eigenvalue weighted by Crippen LogP contribution is -2.14. The molecule has 7 heteroatoms. The maximum Gasteiger partial charge on any atom is 0.264 e. The second kappa shape index (κ2) is 4.75. The quantitative estimate of drug-likeness (QED) is 0.852. The number of hydrogen-bond donors (Lipinski definition) is 2. The van der Waals surface area contributed by atoms with E-state index in [1.165, 1.54) is 16.2 Å². The van der Waals surface area contributed by atoms with Gasteiger partial charge in [0.05, 0.1) is 10.6 Å². The predicted octanol–water partition coefficient (Wildman–Crippen LogP) is 2.32. The molecule has 106 valence electrons. The molecule has 1 aliphatic carbocycles. The number of benzene rings is 1. The first-order chi connectivity index (χ1) is 9.47. The van der Waals surface area contributed by atoms with E-state index in [-0.39, 0.29) is 4.90 Å². The van der Waals surface area contributed by atoms with Crippen LogP contribution in [0.15, 0.2) is 23.1 Å². The molecule has 5 nitrogen and oxygen atoms in total. The molecule has 1 aliphatic rings. The number of sulfonamides is 1. The summed E-state index contributed by atoms with van der Waals surface area (Å²) in [5, 5.41) is 0.441. The first kappa shape index (κ1) is 13.4. The lowest BCUT2D eigenvalue weighted by molar-refractivity contribution is 0.600. The van der Waals surface area contributed by atoms with Crippen LogP contribution >= 0.6 is 11.3 Å². The SMILES string of the molecule is Cc1c(N)cccc1S(=O)(=O)Nc1nc2c(s1)CCC2. The Kier molecular flexibility index (Phi) is 3.18. The van der Waals surface area contributed by atoms with Crippen LogP contribution in [0.4, 0.5) is 10.8 Å². The standard InChI is InChI=1S/C13H15N3O2S2/c1-8-9(14)4-2-7-12(8)20(17,18)16-13-15-10-5-3-6-11(10)19-13/h2,4,7H,3,5-6,14H2,1H3,(H,15,16). The zero-order valence-corrected chi connectivity index (χ0v) is 12.6. The van der Waals surface area contributed by atoms with Crippen LogP contribution in [0.1, 0.15) is 22.6 Å². The van der Waals surface area contributed by atoms with Crippen molar-refractivity contribution in [1.82, 2.24) is 4.98 Å². The van der Waals surface area contributed by atoms with E-state index in [0.29, 0.717) is 16.4 Å². The number of nitrogen functional groups attached to an aromatic ring is 1. The van der Waals surface area contributed by atoms with E-state index in [1.807, 2.05) is 0 Å². The normalized spacial score (nSPS) is 14.2. The summed E-state index contributed by atoms with van der Waals surface area (Å²) >= 11 is 1.42. The first-order valence-electron chi connectivity index (χ1n) is 6.34. The Balaban J connectivity index is 1.94. The van der Waals surface area contributed by atoms with Gasteiger partial charge in [0.2, 0.25) is 0 Å². The van der Waals surface area contributed by atoms with Crippen molar-refractivity contribution in [3.63, 3.8) is 0 Å². The second-order valence-electron chi connectivity index (χ2n) is 4.82. The molecular formula is C13H15N3O2S2. The molecule has 0 spiro atoms. The van der Waals surface area contributed by atoms with Crippen LogP contribution < -0.4 is 10.5 Å². The van der Waals surface area contributed by atoms with E-state index >= 15 is 0 Å². The minimum atomic E-state index is -3.64. The number of nitrogens with one attached hydrogen (secondary N) is 1. The summed E-state index contributed by atoms with van der Waals surface area (Å²) in [7, 11) is -3.64. The van der Waals surface area contributed by atoms with Gasteiger partial charge in [-0.2, -0.15) is 0 Å². The Labute approximate surface area is 121 Å². The molecule has 0 aliphatic heterocycles. The maximum atomic E-state index is 12.4. The molecule has 0 fully saturated rings. The van der Waals surface area contributed by atoms with E-state index < -0.39 is 10.0 Å².